The Morgan fingerprint density at radius 3 is 2.05 bits per heavy atom. The molecule has 0 aromatic carbocycles. The van der Waals surface area contributed by atoms with E-state index in [2.05, 4.69) is 4.90 Å². The average molecular weight is 283 g/mol. The molecule has 1 saturated heterocycles. The fraction of sp³-hybridized carbons (Fsp3) is 0.867. The van der Waals surface area contributed by atoms with Gasteiger partial charge in [-0.3, -0.25) is 14.5 Å². The van der Waals surface area contributed by atoms with E-state index >= 15 is 0 Å². The van der Waals surface area contributed by atoms with E-state index in [1.54, 1.807) is 0 Å². The molecule has 0 aliphatic carbocycles. The van der Waals surface area contributed by atoms with Crippen molar-refractivity contribution in [1.29, 1.82) is 0 Å². The van der Waals surface area contributed by atoms with Crippen LogP contribution in [0.2, 0.25) is 0 Å². The third-order valence-corrected chi connectivity index (χ3v) is 4.19. The number of carbonyl (C=O) groups excluding carboxylic acids is 2. The lowest BCUT2D eigenvalue weighted by molar-refractivity contribution is -0.137. The van der Waals surface area contributed by atoms with Crippen LogP contribution in [0.1, 0.15) is 34.1 Å². The highest BCUT2D eigenvalue weighted by Gasteiger charge is 2.25. The van der Waals surface area contributed by atoms with E-state index in [1.165, 1.54) is 0 Å². The molecule has 5 nitrogen and oxygen atoms in total. The summed E-state index contributed by atoms with van der Waals surface area (Å²) in [7, 11) is 0. The molecule has 1 atom stereocenters. The zero-order valence-corrected chi connectivity index (χ0v) is 13.4. The molecule has 0 aromatic rings. The molecular formula is C15H29N3O2. The summed E-state index contributed by atoms with van der Waals surface area (Å²) in [5.74, 6) is 0.553. The maximum Gasteiger partial charge on any atom is 0.236 e. The Hall–Kier alpha value is -1.10. The second-order valence-corrected chi connectivity index (χ2v) is 5.48. The molecule has 0 radical (unpaired) electrons. The van der Waals surface area contributed by atoms with E-state index in [9.17, 15) is 9.59 Å². The first kappa shape index (κ1) is 17.0. The van der Waals surface area contributed by atoms with Crippen molar-refractivity contribution < 1.29 is 9.59 Å². The molecule has 1 rings (SSSR count). The molecule has 1 aliphatic heterocycles. The molecule has 2 amide bonds. The number of hydrogen-bond acceptors (Lipinski definition) is 3. The molecule has 0 bridgehead atoms. The smallest absolute Gasteiger partial charge is 0.236 e. The Morgan fingerprint density at radius 2 is 1.60 bits per heavy atom. The average Bonchev–Trinajstić information content (AvgIpc) is 2.47. The maximum absolute atomic E-state index is 12.1. The normalized spacial score (nSPS) is 17.9. The quantitative estimate of drug-likeness (QED) is 0.732. The minimum Gasteiger partial charge on any atom is -0.342 e. The topological polar surface area (TPSA) is 43.9 Å². The molecule has 1 fully saturated rings. The predicted molar refractivity (Wildman–Crippen MR) is 80.4 cm³/mol. The molecule has 0 saturated carbocycles. The van der Waals surface area contributed by atoms with Crippen LogP contribution in [0.25, 0.3) is 0 Å². The second kappa shape index (κ2) is 8.25. The number of carbonyl (C=O) groups is 2. The first-order valence-electron chi connectivity index (χ1n) is 7.82. The first-order chi connectivity index (χ1) is 9.53. The van der Waals surface area contributed by atoms with Gasteiger partial charge >= 0.3 is 0 Å². The van der Waals surface area contributed by atoms with Gasteiger partial charge < -0.3 is 9.80 Å². The summed E-state index contributed by atoms with van der Waals surface area (Å²) < 4.78 is 0. The van der Waals surface area contributed by atoms with Crippen molar-refractivity contribution in [3.8, 4) is 0 Å². The van der Waals surface area contributed by atoms with Crippen molar-refractivity contribution in [2.75, 3.05) is 45.8 Å². The lowest BCUT2D eigenvalue weighted by Crippen LogP contribution is -2.52. The summed E-state index contributed by atoms with van der Waals surface area (Å²) >= 11 is 0. The second-order valence-electron chi connectivity index (χ2n) is 5.48. The van der Waals surface area contributed by atoms with Gasteiger partial charge in [0, 0.05) is 45.2 Å². The van der Waals surface area contributed by atoms with E-state index in [0.29, 0.717) is 6.54 Å². The van der Waals surface area contributed by atoms with Gasteiger partial charge in [0.25, 0.3) is 0 Å². The molecule has 0 spiro atoms. The van der Waals surface area contributed by atoms with Crippen LogP contribution in [-0.2, 0) is 9.59 Å². The van der Waals surface area contributed by atoms with Crippen LogP contribution in [0.4, 0.5) is 0 Å². The van der Waals surface area contributed by atoms with Crippen molar-refractivity contribution in [3.05, 3.63) is 0 Å². The third-order valence-electron chi connectivity index (χ3n) is 4.19. The van der Waals surface area contributed by atoms with Crippen molar-refractivity contribution >= 4 is 11.8 Å². The lowest BCUT2D eigenvalue weighted by Gasteiger charge is -2.36. The van der Waals surface area contributed by atoms with Crippen LogP contribution in [0.5, 0.6) is 0 Å². The highest BCUT2D eigenvalue weighted by molar-refractivity contribution is 5.79. The van der Waals surface area contributed by atoms with Crippen LogP contribution in [0.3, 0.4) is 0 Å². The summed E-state index contributed by atoms with van der Waals surface area (Å²) in [5, 5.41) is 0. The van der Waals surface area contributed by atoms with E-state index in [4.69, 9.17) is 0 Å². The number of nitrogens with zero attached hydrogens (tertiary/aromatic N) is 3. The minimum absolute atomic E-state index is 0.110. The Morgan fingerprint density at radius 1 is 1.05 bits per heavy atom. The van der Waals surface area contributed by atoms with Gasteiger partial charge in [0.05, 0.1) is 6.54 Å². The van der Waals surface area contributed by atoms with Gasteiger partial charge in [-0.25, -0.2) is 0 Å². The van der Waals surface area contributed by atoms with Crippen LogP contribution >= 0.6 is 0 Å². The number of piperazine rings is 1. The fourth-order valence-electron chi connectivity index (χ4n) is 2.48. The Kier molecular flexibility index (Phi) is 6.99. The Balaban J connectivity index is 2.39. The van der Waals surface area contributed by atoms with Crippen molar-refractivity contribution in [2.24, 2.45) is 5.92 Å². The third kappa shape index (κ3) is 4.47. The van der Waals surface area contributed by atoms with E-state index in [0.717, 1.165) is 45.7 Å². The summed E-state index contributed by atoms with van der Waals surface area (Å²) in [6.45, 7) is 13.1. The SMILES string of the molecule is CCC(C)C(=O)N1CCN(CC(=O)N(CC)CC)CC1. The van der Waals surface area contributed by atoms with E-state index in [1.807, 2.05) is 37.5 Å². The summed E-state index contributed by atoms with van der Waals surface area (Å²) in [6, 6.07) is 0. The van der Waals surface area contributed by atoms with Gasteiger partial charge in [0.2, 0.25) is 11.8 Å². The van der Waals surface area contributed by atoms with Crippen LogP contribution < -0.4 is 0 Å². The van der Waals surface area contributed by atoms with Crippen molar-refractivity contribution in [1.82, 2.24) is 14.7 Å². The number of amides is 2. The van der Waals surface area contributed by atoms with Gasteiger partial charge in [-0.1, -0.05) is 13.8 Å². The zero-order valence-electron chi connectivity index (χ0n) is 13.4. The zero-order chi connectivity index (χ0) is 15.1. The van der Waals surface area contributed by atoms with E-state index < -0.39 is 0 Å². The molecule has 116 valence electrons. The van der Waals surface area contributed by atoms with Crippen molar-refractivity contribution in [2.45, 2.75) is 34.1 Å². The van der Waals surface area contributed by atoms with Gasteiger partial charge in [-0.05, 0) is 20.3 Å². The standard InChI is InChI=1S/C15H29N3O2/c1-5-13(4)15(20)18-10-8-16(9-11-18)12-14(19)17(6-2)7-3/h13H,5-12H2,1-4H3. The summed E-state index contributed by atoms with van der Waals surface area (Å²) in [6.07, 6.45) is 0.888. The van der Waals surface area contributed by atoms with Crippen molar-refractivity contribution in [3.63, 3.8) is 0 Å². The molecule has 1 unspecified atom stereocenters. The number of rotatable bonds is 6. The highest BCUT2D eigenvalue weighted by Crippen LogP contribution is 2.10. The summed E-state index contributed by atoms with van der Waals surface area (Å²) in [4.78, 5) is 30.1. The van der Waals surface area contributed by atoms with Gasteiger partial charge in [0.1, 0.15) is 0 Å². The monoisotopic (exact) mass is 283 g/mol. The molecule has 0 aromatic heterocycles. The predicted octanol–water partition coefficient (Wildman–Crippen LogP) is 1.05. The molecular weight excluding hydrogens is 254 g/mol. The largest absolute Gasteiger partial charge is 0.342 e. The number of likely N-dealkylation sites (N-methyl/N-ethyl adjacent to an activating group) is 1. The first-order valence-corrected chi connectivity index (χ1v) is 7.82. The molecule has 5 heteroatoms. The molecule has 0 N–H and O–H groups in total. The van der Waals surface area contributed by atoms with Crippen LogP contribution in [-0.4, -0.2) is 72.3 Å². The Bertz CT molecular complexity index is 321. The van der Waals surface area contributed by atoms with E-state index in [-0.39, 0.29) is 17.7 Å². The fourth-order valence-corrected chi connectivity index (χ4v) is 2.48. The van der Waals surface area contributed by atoms with Crippen LogP contribution in [0, 0.1) is 5.92 Å². The van der Waals surface area contributed by atoms with Gasteiger partial charge in [0.15, 0.2) is 0 Å². The minimum atomic E-state index is 0.110. The lowest BCUT2D eigenvalue weighted by atomic mass is 10.1. The highest BCUT2D eigenvalue weighted by atomic mass is 16.2. The summed E-state index contributed by atoms with van der Waals surface area (Å²) in [5.41, 5.74) is 0. The molecule has 1 aliphatic rings. The maximum atomic E-state index is 12.1. The molecule has 1 heterocycles. The molecule has 20 heavy (non-hydrogen) atoms. The number of hydrogen-bond donors (Lipinski definition) is 0. The van der Waals surface area contributed by atoms with Crippen LogP contribution in [0.15, 0.2) is 0 Å². The van der Waals surface area contributed by atoms with Gasteiger partial charge in [-0.2, -0.15) is 0 Å². The van der Waals surface area contributed by atoms with Gasteiger partial charge in [-0.15, -0.1) is 0 Å². The Labute approximate surface area is 122 Å².